The lowest BCUT2D eigenvalue weighted by molar-refractivity contribution is -0.407. The summed E-state index contributed by atoms with van der Waals surface area (Å²) in [5, 5.41) is 3.90. The predicted molar refractivity (Wildman–Crippen MR) is 70.5 cm³/mol. The second-order valence-electron chi connectivity index (χ2n) is 3.74. The summed E-state index contributed by atoms with van der Waals surface area (Å²) in [6.45, 7) is 0. The Hall–Kier alpha value is -1.78. The molecule has 7 nitrogen and oxygen atoms in total. The van der Waals surface area contributed by atoms with Gasteiger partial charge in [0.1, 0.15) is 0 Å². The fraction of sp³-hybridized carbons (Fsp3) is 0. The second kappa shape index (κ2) is 6.33. The van der Waals surface area contributed by atoms with E-state index in [2.05, 4.69) is 13.7 Å². The van der Waals surface area contributed by atoms with Gasteiger partial charge in [0.25, 0.3) is 0 Å². The molecule has 0 radical (unpaired) electrons. The molecule has 0 aliphatic rings. The quantitative estimate of drug-likeness (QED) is 0.587. The van der Waals surface area contributed by atoms with E-state index in [9.17, 15) is 16.8 Å². The van der Waals surface area contributed by atoms with Crippen LogP contribution in [-0.4, -0.2) is 16.8 Å². The van der Waals surface area contributed by atoms with E-state index in [0.717, 1.165) is 0 Å². The molecule has 0 saturated heterocycles. The van der Waals surface area contributed by atoms with Gasteiger partial charge in [-0.05, 0) is 29.3 Å². The van der Waals surface area contributed by atoms with E-state index in [1.165, 1.54) is 48.5 Å². The average molecular weight is 330 g/mol. The minimum atomic E-state index is -4.28. The van der Waals surface area contributed by atoms with E-state index in [-0.39, 0.29) is 9.79 Å². The van der Waals surface area contributed by atoms with Crippen LogP contribution in [0.1, 0.15) is 0 Å². The van der Waals surface area contributed by atoms with Crippen molar-refractivity contribution in [3.8, 4) is 0 Å². The fourth-order valence-electron chi connectivity index (χ4n) is 1.34. The van der Waals surface area contributed by atoms with Crippen LogP contribution in [0.2, 0.25) is 0 Å². The number of rotatable bonds is 6. The molecule has 9 heteroatoms. The molecule has 2 aromatic carbocycles. The summed E-state index contributed by atoms with van der Waals surface area (Å²) < 4.78 is 54.6. The molecule has 0 spiro atoms. The van der Waals surface area contributed by atoms with Crippen LogP contribution in [0.4, 0.5) is 0 Å². The predicted octanol–water partition coefficient (Wildman–Crippen LogP) is 1.64. The highest BCUT2D eigenvalue weighted by Gasteiger charge is 2.21. The minimum absolute atomic E-state index is 0.203. The smallest absolute Gasteiger partial charge is 0.191 e. The standard InChI is InChI=1S/C12H10O7S2/c13-20(14,11-7-3-1-4-8-11)18-17-19-21(15,16)12-9-5-2-6-10-12/h1-10H. The van der Waals surface area contributed by atoms with E-state index in [0.29, 0.717) is 0 Å². The van der Waals surface area contributed by atoms with Gasteiger partial charge in [0.05, 0.1) is 9.79 Å². The Labute approximate surface area is 121 Å². The van der Waals surface area contributed by atoms with E-state index < -0.39 is 20.2 Å². The SMILES string of the molecule is O=S(=O)(OOOS(=O)(=O)c1ccccc1)c1ccccc1. The number of hydrogen-bond acceptors (Lipinski definition) is 7. The molecular formula is C12H10O7S2. The number of hydrogen-bond donors (Lipinski definition) is 0. The summed E-state index contributed by atoms with van der Waals surface area (Å²) in [4.78, 5) is -0.406. The largest absolute Gasteiger partial charge is 0.325 e. The summed E-state index contributed by atoms with van der Waals surface area (Å²) in [5.74, 6) is 0. The summed E-state index contributed by atoms with van der Waals surface area (Å²) in [7, 11) is -8.55. The van der Waals surface area contributed by atoms with Gasteiger partial charge in [0.15, 0.2) is 0 Å². The third-order valence-electron chi connectivity index (χ3n) is 2.30. The molecule has 0 aromatic heterocycles. The van der Waals surface area contributed by atoms with Crippen LogP contribution in [0, 0.1) is 0 Å². The van der Waals surface area contributed by atoms with Crippen molar-refractivity contribution in [1.29, 1.82) is 0 Å². The lowest BCUT2D eigenvalue weighted by Crippen LogP contribution is -2.12. The van der Waals surface area contributed by atoms with E-state index in [1.807, 2.05) is 0 Å². The van der Waals surface area contributed by atoms with Gasteiger partial charge in [-0.2, -0.15) is 16.8 Å². The average Bonchev–Trinajstić information content (AvgIpc) is 2.49. The minimum Gasteiger partial charge on any atom is -0.191 e. The van der Waals surface area contributed by atoms with Gasteiger partial charge in [-0.25, -0.2) is 0 Å². The highest BCUT2D eigenvalue weighted by atomic mass is 32.2. The van der Waals surface area contributed by atoms with Gasteiger partial charge in [-0.3, -0.25) is 0 Å². The molecule has 0 aliphatic carbocycles. The first-order valence-corrected chi connectivity index (χ1v) is 8.38. The maximum Gasteiger partial charge on any atom is 0.325 e. The van der Waals surface area contributed by atoms with Gasteiger partial charge < -0.3 is 0 Å². The Balaban J connectivity index is 2.02. The highest BCUT2D eigenvalue weighted by molar-refractivity contribution is 7.87. The molecule has 112 valence electrons. The summed E-state index contributed by atoms with van der Waals surface area (Å²) in [5.41, 5.74) is 0. The molecule has 2 aromatic rings. The van der Waals surface area contributed by atoms with Gasteiger partial charge in [-0.1, -0.05) is 45.1 Å². The van der Waals surface area contributed by atoms with Gasteiger partial charge in [0, 0.05) is 0 Å². The van der Waals surface area contributed by atoms with Crippen molar-refractivity contribution in [2.24, 2.45) is 0 Å². The third kappa shape index (κ3) is 4.09. The van der Waals surface area contributed by atoms with Crippen LogP contribution < -0.4 is 0 Å². The first-order valence-electron chi connectivity index (χ1n) is 5.56. The molecule has 2 rings (SSSR count). The van der Waals surface area contributed by atoms with Crippen molar-refractivity contribution in [3.05, 3.63) is 60.7 Å². The Morgan fingerprint density at radius 1 is 0.571 bits per heavy atom. The molecule has 0 saturated carbocycles. The third-order valence-corrected chi connectivity index (χ3v) is 4.47. The maximum atomic E-state index is 11.6. The van der Waals surface area contributed by atoms with Crippen LogP contribution in [0.5, 0.6) is 0 Å². The lowest BCUT2D eigenvalue weighted by Gasteiger charge is -2.04. The van der Waals surface area contributed by atoms with Crippen LogP contribution >= 0.6 is 0 Å². The fourth-order valence-corrected chi connectivity index (χ4v) is 2.71. The molecule has 0 aliphatic heterocycles. The second-order valence-corrected chi connectivity index (χ2v) is 6.77. The Morgan fingerprint density at radius 2 is 0.905 bits per heavy atom. The van der Waals surface area contributed by atoms with Crippen LogP contribution in [0.15, 0.2) is 70.5 Å². The highest BCUT2D eigenvalue weighted by Crippen LogP contribution is 2.15. The zero-order valence-electron chi connectivity index (χ0n) is 10.4. The first kappa shape index (κ1) is 15.6. The van der Waals surface area contributed by atoms with Gasteiger partial charge >= 0.3 is 20.2 Å². The Kier molecular flexibility index (Phi) is 4.70. The molecule has 0 atom stereocenters. The van der Waals surface area contributed by atoms with E-state index in [1.54, 1.807) is 12.1 Å². The Bertz CT molecular complexity index is 715. The summed E-state index contributed by atoms with van der Waals surface area (Å²) in [6, 6.07) is 14.1. The van der Waals surface area contributed by atoms with Crippen molar-refractivity contribution >= 4 is 20.2 Å². The lowest BCUT2D eigenvalue weighted by atomic mass is 10.4. The summed E-state index contributed by atoms with van der Waals surface area (Å²) in [6.07, 6.45) is 0. The van der Waals surface area contributed by atoms with E-state index >= 15 is 0 Å². The monoisotopic (exact) mass is 330 g/mol. The van der Waals surface area contributed by atoms with Crippen LogP contribution in [0.3, 0.4) is 0 Å². The molecule has 0 heterocycles. The van der Waals surface area contributed by atoms with Crippen molar-refractivity contribution in [3.63, 3.8) is 0 Å². The topological polar surface area (TPSA) is 96.0 Å². The molecule has 21 heavy (non-hydrogen) atoms. The number of benzene rings is 2. The Morgan fingerprint density at radius 3 is 1.24 bits per heavy atom. The van der Waals surface area contributed by atoms with Crippen molar-refractivity contribution in [1.82, 2.24) is 0 Å². The van der Waals surface area contributed by atoms with Crippen molar-refractivity contribution in [2.75, 3.05) is 0 Å². The molecule has 0 N–H and O–H groups in total. The van der Waals surface area contributed by atoms with Crippen molar-refractivity contribution in [2.45, 2.75) is 9.79 Å². The first-order chi connectivity index (χ1) is 9.92. The van der Waals surface area contributed by atoms with Crippen LogP contribution in [0.25, 0.3) is 0 Å². The van der Waals surface area contributed by atoms with Crippen LogP contribution in [-0.2, 0) is 33.9 Å². The van der Waals surface area contributed by atoms with Gasteiger partial charge in [0.2, 0.25) is 0 Å². The normalized spacial score (nSPS) is 12.2. The zero-order chi connectivity index (χ0) is 15.3. The van der Waals surface area contributed by atoms with Gasteiger partial charge in [-0.15, -0.1) is 0 Å². The van der Waals surface area contributed by atoms with E-state index in [4.69, 9.17) is 0 Å². The maximum absolute atomic E-state index is 11.6. The molecule has 0 bridgehead atoms. The molecule has 0 amide bonds. The molecule has 0 unspecified atom stereocenters. The molecule has 0 fully saturated rings. The van der Waals surface area contributed by atoms with Crippen molar-refractivity contribution < 1.29 is 30.5 Å². The zero-order valence-corrected chi connectivity index (χ0v) is 12.1. The summed E-state index contributed by atoms with van der Waals surface area (Å²) >= 11 is 0. The molecular weight excluding hydrogens is 320 g/mol.